The molecule has 1 aromatic rings. The van der Waals surface area contributed by atoms with Crippen molar-refractivity contribution in [2.45, 2.75) is 12.6 Å². The first-order valence-corrected chi connectivity index (χ1v) is 5.14. The van der Waals surface area contributed by atoms with Crippen LogP contribution in [0.2, 0.25) is 0 Å². The highest BCUT2D eigenvalue weighted by molar-refractivity contribution is 5.80. The lowest BCUT2D eigenvalue weighted by Gasteiger charge is -2.24. The van der Waals surface area contributed by atoms with Crippen molar-refractivity contribution in [2.75, 3.05) is 13.1 Å². The van der Waals surface area contributed by atoms with Crippen LogP contribution in [0.5, 0.6) is 0 Å². The predicted octanol–water partition coefficient (Wildman–Crippen LogP) is 1.52. The van der Waals surface area contributed by atoms with Gasteiger partial charge in [-0.2, -0.15) is 0 Å². The molecule has 1 aliphatic rings. The molecule has 1 aromatic carbocycles. The average molecular weight is 244 g/mol. The fourth-order valence-corrected chi connectivity index (χ4v) is 1.84. The Bertz CT molecular complexity index is 408. The minimum atomic E-state index is -2.58. The number of nitrogens with one attached hydrogen (secondary N) is 1. The summed E-state index contributed by atoms with van der Waals surface area (Å²) in [7, 11) is 0. The number of amides is 1. The molecule has 3 nitrogen and oxygen atoms in total. The fraction of sp³-hybridized carbons (Fsp3) is 0.364. The third-order valence-corrected chi connectivity index (χ3v) is 2.60. The first-order chi connectivity index (χ1) is 8.08. The molecule has 0 radical (unpaired) electrons. The van der Waals surface area contributed by atoms with E-state index in [-0.39, 0.29) is 12.5 Å². The molecule has 0 saturated carbocycles. The quantitative estimate of drug-likeness (QED) is 0.874. The average Bonchev–Trinajstić information content (AvgIpc) is 2.61. The molecule has 1 heterocycles. The Morgan fingerprint density at radius 1 is 1.35 bits per heavy atom. The van der Waals surface area contributed by atoms with E-state index in [4.69, 9.17) is 0 Å². The Kier molecular flexibility index (Phi) is 3.33. The first kappa shape index (κ1) is 11.9. The monoisotopic (exact) mass is 244 g/mol. The first-order valence-electron chi connectivity index (χ1n) is 5.14. The van der Waals surface area contributed by atoms with Gasteiger partial charge in [-0.3, -0.25) is 10.1 Å². The molecule has 17 heavy (non-hydrogen) atoms. The van der Waals surface area contributed by atoms with Gasteiger partial charge < -0.3 is 4.90 Å². The van der Waals surface area contributed by atoms with E-state index in [1.165, 1.54) is 24.3 Å². The molecule has 1 fully saturated rings. The molecule has 1 unspecified atom stereocenters. The zero-order valence-corrected chi connectivity index (χ0v) is 8.87. The van der Waals surface area contributed by atoms with Crippen molar-refractivity contribution in [3.05, 3.63) is 35.6 Å². The van der Waals surface area contributed by atoms with Gasteiger partial charge in [0.1, 0.15) is 12.0 Å². The van der Waals surface area contributed by atoms with Crippen molar-refractivity contribution in [1.82, 2.24) is 10.2 Å². The van der Waals surface area contributed by atoms with Crippen LogP contribution in [-0.2, 0) is 4.79 Å². The van der Waals surface area contributed by atoms with E-state index >= 15 is 0 Å². The van der Waals surface area contributed by atoms with E-state index < -0.39 is 25.0 Å². The summed E-state index contributed by atoms with van der Waals surface area (Å²) in [5.74, 6) is -0.780. The molecule has 1 atom stereocenters. The Balaban J connectivity index is 2.19. The summed E-state index contributed by atoms with van der Waals surface area (Å²) in [4.78, 5) is 12.5. The lowest BCUT2D eigenvalue weighted by Crippen LogP contribution is -2.34. The molecule has 1 amide bonds. The lowest BCUT2D eigenvalue weighted by atomic mass is 10.1. The normalized spacial score (nSPS) is 20.4. The Morgan fingerprint density at radius 2 is 2.00 bits per heavy atom. The van der Waals surface area contributed by atoms with Crippen molar-refractivity contribution in [3.8, 4) is 0 Å². The smallest absolute Gasteiger partial charge is 0.255 e. The number of carbonyl (C=O) groups excluding carboxylic acids is 1. The van der Waals surface area contributed by atoms with Crippen LogP contribution in [0.25, 0.3) is 0 Å². The van der Waals surface area contributed by atoms with Crippen molar-refractivity contribution in [3.63, 3.8) is 0 Å². The van der Waals surface area contributed by atoms with Crippen molar-refractivity contribution < 1.29 is 18.0 Å². The zero-order chi connectivity index (χ0) is 12.4. The fourth-order valence-electron chi connectivity index (χ4n) is 1.84. The Morgan fingerprint density at radius 3 is 2.59 bits per heavy atom. The van der Waals surface area contributed by atoms with Gasteiger partial charge in [0.05, 0.1) is 13.1 Å². The molecule has 6 heteroatoms. The predicted molar refractivity (Wildman–Crippen MR) is 54.9 cm³/mol. The van der Waals surface area contributed by atoms with Gasteiger partial charge in [-0.15, -0.1) is 0 Å². The molecule has 1 N–H and O–H groups in total. The highest BCUT2D eigenvalue weighted by atomic mass is 19.3. The van der Waals surface area contributed by atoms with Gasteiger partial charge in [-0.25, -0.2) is 13.2 Å². The number of hydrogen-bond acceptors (Lipinski definition) is 2. The van der Waals surface area contributed by atoms with Gasteiger partial charge in [0.15, 0.2) is 0 Å². The summed E-state index contributed by atoms with van der Waals surface area (Å²) >= 11 is 0. The summed E-state index contributed by atoms with van der Waals surface area (Å²) < 4.78 is 37.4. The third-order valence-electron chi connectivity index (χ3n) is 2.60. The standard InChI is InChI=1S/C11H11F3N2O/c12-8-3-1-7(2-4-8)11-15-5-10(17)16(11)6-9(13)14/h1-4,9,11,15H,5-6H2. The van der Waals surface area contributed by atoms with Gasteiger partial charge in [0.2, 0.25) is 5.91 Å². The number of rotatable bonds is 3. The van der Waals surface area contributed by atoms with Gasteiger partial charge in [-0.05, 0) is 17.7 Å². The van der Waals surface area contributed by atoms with Gasteiger partial charge in [-0.1, -0.05) is 12.1 Å². The van der Waals surface area contributed by atoms with Crippen LogP contribution < -0.4 is 5.32 Å². The molecule has 0 aliphatic carbocycles. The van der Waals surface area contributed by atoms with Crippen LogP contribution in [-0.4, -0.2) is 30.3 Å². The van der Waals surface area contributed by atoms with Crippen LogP contribution >= 0.6 is 0 Å². The van der Waals surface area contributed by atoms with Gasteiger partial charge in [0.25, 0.3) is 6.43 Å². The second-order valence-electron chi connectivity index (χ2n) is 3.77. The van der Waals surface area contributed by atoms with Crippen LogP contribution in [0.4, 0.5) is 13.2 Å². The molecule has 0 spiro atoms. The largest absolute Gasteiger partial charge is 0.316 e. The molecular weight excluding hydrogens is 233 g/mol. The maximum absolute atomic E-state index is 12.7. The van der Waals surface area contributed by atoms with E-state index in [1.54, 1.807) is 0 Å². The Hall–Kier alpha value is -1.56. The van der Waals surface area contributed by atoms with Crippen molar-refractivity contribution >= 4 is 5.91 Å². The van der Waals surface area contributed by atoms with Crippen LogP contribution in [0.3, 0.4) is 0 Å². The van der Waals surface area contributed by atoms with E-state index in [2.05, 4.69) is 5.32 Å². The number of alkyl halides is 2. The van der Waals surface area contributed by atoms with Crippen LogP contribution in [0.15, 0.2) is 24.3 Å². The van der Waals surface area contributed by atoms with E-state index in [0.29, 0.717) is 5.56 Å². The molecule has 2 rings (SSSR count). The van der Waals surface area contributed by atoms with E-state index in [1.807, 2.05) is 0 Å². The number of halogens is 3. The summed E-state index contributed by atoms with van der Waals surface area (Å²) in [5, 5.41) is 2.82. The second-order valence-corrected chi connectivity index (χ2v) is 3.77. The summed E-state index contributed by atoms with van der Waals surface area (Å²) in [6.07, 6.45) is -3.18. The topological polar surface area (TPSA) is 32.3 Å². The van der Waals surface area contributed by atoms with Crippen molar-refractivity contribution in [1.29, 1.82) is 0 Å². The number of nitrogens with zero attached hydrogens (tertiary/aromatic N) is 1. The lowest BCUT2D eigenvalue weighted by molar-refractivity contribution is -0.130. The zero-order valence-electron chi connectivity index (χ0n) is 8.87. The maximum atomic E-state index is 12.7. The summed E-state index contributed by atoms with van der Waals surface area (Å²) in [6, 6.07) is 5.43. The third kappa shape index (κ3) is 2.58. The summed E-state index contributed by atoms with van der Waals surface area (Å²) in [6.45, 7) is -0.595. The molecule has 1 aliphatic heterocycles. The van der Waals surface area contributed by atoms with Crippen molar-refractivity contribution in [2.24, 2.45) is 0 Å². The molecule has 0 aromatic heterocycles. The maximum Gasteiger partial charge on any atom is 0.255 e. The van der Waals surface area contributed by atoms with Gasteiger partial charge >= 0.3 is 0 Å². The number of benzene rings is 1. The SMILES string of the molecule is O=C1CNC(c2ccc(F)cc2)N1CC(F)F. The molecule has 92 valence electrons. The minimum Gasteiger partial charge on any atom is -0.316 e. The highest BCUT2D eigenvalue weighted by Crippen LogP contribution is 2.23. The summed E-state index contributed by atoms with van der Waals surface area (Å²) in [5.41, 5.74) is 0.595. The number of carbonyl (C=O) groups is 1. The second kappa shape index (κ2) is 4.75. The highest BCUT2D eigenvalue weighted by Gasteiger charge is 2.33. The van der Waals surface area contributed by atoms with E-state index in [9.17, 15) is 18.0 Å². The van der Waals surface area contributed by atoms with Crippen LogP contribution in [0.1, 0.15) is 11.7 Å². The molecular formula is C11H11F3N2O. The molecule has 1 saturated heterocycles. The van der Waals surface area contributed by atoms with Gasteiger partial charge in [0, 0.05) is 0 Å². The molecule has 0 bridgehead atoms. The van der Waals surface area contributed by atoms with Crippen LogP contribution in [0, 0.1) is 5.82 Å². The Labute approximate surface area is 96.2 Å². The minimum absolute atomic E-state index is 0.0226. The number of hydrogen-bond donors (Lipinski definition) is 1. The van der Waals surface area contributed by atoms with E-state index in [0.717, 1.165) is 4.90 Å².